The van der Waals surface area contributed by atoms with E-state index in [-0.39, 0.29) is 5.75 Å². The van der Waals surface area contributed by atoms with Crippen molar-refractivity contribution < 1.29 is 13.5 Å². The van der Waals surface area contributed by atoms with Gasteiger partial charge in [0.15, 0.2) is 9.84 Å². The number of rotatable bonds is 5. The second-order valence-corrected chi connectivity index (χ2v) is 6.26. The maximum atomic E-state index is 11.8. The van der Waals surface area contributed by atoms with Crippen LogP contribution in [0.2, 0.25) is 0 Å². The van der Waals surface area contributed by atoms with Crippen LogP contribution in [-0.4, -0.2) is 24.5 Å². The molecule has 0 bridgehead atoms. The number of hydrogen-bond acceptors (Lipinski definition) is 3. The van der Waals surface area contributed by atoms with Gasteiger partial charge in [0.2, 0.25) is 0 Å². The highest BCUT2D eigenvalue weighted by Crippen LogP contribution is 2.24. The van der Waals surface area contributed by atoms with Crippen molar-refractivity contribution in [3.63, 3.8) is 0 Å². The van der Waals surface area contributed by atoms with E-state index < -0.39 is 21.2 Å². The van der Waals surface area contributed by atoms with Gasteiger partial charge in [0.05, 0.1) is 11.4 Å². The molecule has 1 rings (SSSR count). The Labute approximate surface area is 97.0 Å². The van der Waals surface area contributed by atoms with Gasteiger partial charge in [0.25, 0.3) is 0 Å². The quantitative estimate of drug-likeness (QED) is 0.858. The zero-order valence-corrected chi connectivity index (χ0v) is 10.4. The summed E-state index contributed by atoms with van der Waals surface area (Å²) in [6.07, 6.45) is -0.511. The number of sulfone groups is 1. The maximum Gasteiger partial charge on any atom is 0.155 e. The van der Waals surface area contributed by atoms with Crippen molar-refractivity contribution >= 4 is 9.84 Å². The van der Waals surface area contributed by atoms with Gasteiger partial charge >= 0.3 is 0 Å². The summed E-state index contributed by atoms with van der Waals surface area (Å²) in [5.41, 5.74) is 0.659. The maximum absolute atomic E-state index is 11.8. The Balaban J connectivity index is 2.99. The highest BCUT2D eigenvalue weighted by molar-refractivity contribution is 7.92. The Morgan fingerprint density at radius 1 is 1.19 bits per heavy atom. The molecule has 1 aromatic rings. The van der Waals surface area contributed by atoms with Gasteiger partial charge in [-0.05, 0) is 12.0 Å². The normalized spacial score (nSPS) is 15.7. The first-order chi connectivity index (χ1) is 7.53. The Morgan fingerprint density at radius 3 is 2.19 bits per heavy atom. The number of aliphatic hydroxyl groups is 1. The first-order valence-corrected chi connectivity index (χ1v) is 7.19. The molecule has 0 aromatic heterocycles. The van der Waals surface area contributed by atoms with Crippen LogP contribution < -0.4 is 0 Å². The number of aliphatic hydroxyl groups excluding tert-OH is 1. The van der Waals surface area contributed by atoms with E-state index >= 15 is 0 Å². The Morgan fingerprint density at radius 2 is 1.75 bits per heavy atom. The van der Waals surface area contributed by atoms with Gasteiger partial charge in [-0.25, -0.2) is 8.42 Å². The largest absolute Gasteiger partial charge is 0.387 e. The molecule has 0 aliphatic rings. The monoisotopic (exact) mass is 242 g/mol. The molecule has 4 heteroatoms. The molecule has 0 saturated heterocycles. The molecule has 0 saturated carbocycles. The van der Waals surface area contributed by atoms with Gasteiger partial charge in [-0.3, -0.25) is 0 Å². The summed E-state index contributed by atoms with van der Waals surface area (Å²) in [6, 6.07) is 8.93. The van der Waals surface area contributed by atoms with Crippen molar-refractivity contribution in [2.45, 2.75) is 31.6 Å². The third-order valence-electron chi connectivity index (χ3n) is 2.76. The molecule has 0 unspecified atom stereocenters. The molecule has 3 nitrogen and oxygen atoms in total. The van der Waals surface area contributed by atoms with Gasteiger partial charge in [0, 0.05) is 5.75 Å². The molecule has 90 valence electrons. The fourth-order valence-electron chi connectivity index (χ4n) is 1.75. The molecule has 0 amide bonds. The van der Waals surface area contributed by atoms with Crippen molar-refractivity contribution in [2.24, 2.45) is 0 Å². The van der Waals surface area contributed by atoms with E-state index in [0.717, 1.165) is 0 Å². The lowest BCUT2D eigenvalue weighted by atomic mass is 10.1. The lowest BCUT2D eigenvalue weighted by Crippen LogP contribution is -2.29. The van der Waals surface area contributed by atoms with Crippen LogP contribution in [0.25, 0.3) is 0 Å². The molecule has 0 spiro atoms. The standard InChI is InChI=1S/C12H18O3S/c1-3-11(16(14,15)4-2)12(13)10-8-6-5-7-9-10/h5-9,11-13H,3-4H2,1-2H3/t11-,12+/m1/s1. The average molecular weight is 242 g/mol. The fraction of sp³-hybridized carbons (Fsp3) is 0.500. The molecule has 0 radical (unpaired) electrons. The van der Waals surface area contributed by atoms with E-state index in [1.54, 1.807) is 38.1 Å². The highest BCUT2D eigenvalue weighted by Gasteiger charge is 2.30. The predicted molar refractivity (Wildman–Crippen MR) is 64.9 cm³/mol. The second kappa shape index (κ2) is 5.46. The highest BCUT2D eigenvalue weighted by atomic mass is 32.2. The summed E-state index contributed by atoms with van der Waals surface area (Å²) in [5.74, 6) is 0.0649. The van der Waals surface area contributed by atoms with Crippen LogP contribution >= 0.6 is 0 Å². The van der Waals surface area contributed by atoms with Crippen molar-refractivity contribution in [3.05, 3.63) is 35.9 Å². The van der Waals surface area contributed by atoms with Crippen LogP contribution in [0, 0.1) is 0 Å². The van der Waals surface area contributed by atoms with E-state index in [4.69, 9.17) is 0 Å². The predicted octanol–water partition coefficient (Wildman–Crippen LogP) is 1.93. The Bertz CT molecular complexity index is 411. The lowest BCUT2D eigenvalue weighted by molar-refractivity contribution is 0.169. The molecule has 0 heterocycles. The molecule has 0 aliphatic heterocycles. The summed E-state index contributed by atoms with van der Waals surface area (Å²) in [4.78, 5) is 0. The van der Waals surface area contributed by atoms with E-state index in [9.17, 15) is 13.5 Å². The molecule has 16 heavy (non-hydrogen) atoms. The van der Waals surface area contributed by atoms with Crippen LogP contribution in [-0.2, 0) is 9.84 Å². The fourth-order valence-corrected chi connectivity index (χ4v) is 3.24. The third-order valence-corrected chi connectivity index (χ3v) is 5.08. The summed E-state index contributed by atoms with van der Waals surface area (Å²) in [5, 5.41) is 9.36. The molecule has 0 aliphatic carbocycles. The van der Waals surface area contributed by atoms with E-state index in [2.05, 4.69) is 0 Å². The van der Waals surface area contributed by atoms with E-state index in [1.165, 1.54) is 0 Å². The summed E-state index contributed by atoms with van der Waals surface area (Å²) in [6.45, 7) is 3.39. The van der Waals surface area contributed by atoms with Gasteiger partial charge in [0.1, 0.15) is 0 Å². The third kappa shape index (κ3) is 2.83. The van der Waals surface area contributed by atoms with Crippen LogP contribution in [0.3, 0.4) is 0 Å². The SMILES string of the molecule is CC[C@H]([C@@H](O)c1ccccc1)S(=O)(=O)CC. The molecular formula is C12H18O3S. The van der Waals surface area contributed by atoms with Crippen LogP contribution in [0.4, 0.5) is 0 Å². The minimum absolute atomic E-state index is 0.0649. The molecule has 2 atom stereocenters. The molecule has 0 fully saturated rings. The number of benzene rings is 1. The molecule has 1 N–H and O–H groups in total. The summed E-state index contributed by atoms with van der Waals surface area (Å²) in [7, 11) is -3.21. The molecular weight excluding hydrogens is 224 g/mol. The van der Waals surface area contributed by atoms with Crippen molar-refractivity contribution in [2.75, 3.05) is 5.75 Å². The van der Waals surface area contributed by atoms with Crippen LogP contribution in [0.15, 0.2) is 30.3 Å². The van der Waals surface area contributed by atoms with Crippen LogP contribution in [0.1, 0.15) is 31.9 Å². The smallest absolute Gasteiger partial charge is 0.155 e. The zero-order chi connectivity index (χ0) is 12.2. The number of hydrogen-bond donors (Lipinski definition) is 1. The summed E-state index contributed by atoms with van der Waals surface area (Å²) < 4.78 is 23.6. The van der Waals surface area contributed by atoms with E-state index in [0.29, 0.717) is 12.0 Å². The first kappa shape index (κ1) is 13.2. The first-order valence-electron chi connectivity index (χ1n) is 5.47. The minimum Gasteiger partial charge on any atom is -0.387 e. The topological polar surface area (TPSA) is 54.4 Å². The lowest BCUT2D eigenvalue weighted by Gasteiger charge is -2.21. The van der Waals surface area contributed by atoms with Crippen LogP contribution in [0.5, 0.6) is 0 Å². The van der Waals surface area contributed by atoms with Crippen molar-refractivity contribution in [3.8, 4) is 0 Å². The van der Waals surface area contributed by atoms with Crippen molar-refractivity contribution in [1.29, 1.82) is 0 Å². The zero-order valence-electron chi connectivity index (χ0n) is 9.63. The van der Waals surface area contributed by atoms with Gasteiger partial charge in [-0.1, -0.05) is 44.2 Å². The van der Waals surface area contributed by atoms with Gasteiger partial charge < -0.3 is 5.11 Å². The Hall–Kier alpha value is -0.870. The Kier molecular flexibility index (Phi) is 4.50. The summed E-state index contributed by atoms with van der Waals surface area (Å²) >= 11 is 0. The van der Waals surface area contributed by atoms with E-state index in [1.807, 2.05) is 6.07 Å². The molecule has 1 aromatic carbocycles. The minimum atomic E-state index is -3.21. The van der Waals surface area contributed by atoms with Gasteiger partial charge in [-0.15, -0.1) is 0 Å². The average Bonchev–Trinajstić information content (AvgIpc) is 2.30. The van der Waals surface area contributed by atoms with Gasteiger partial charge in [-0.2, -0.15) is 0 Å². The second-order valence-electron chi connectivity index (χ2n) is 3.75. The van der Waals surface area contributed by atoms with Crippen molar-refractivity contribution in [1.82, 2.24) is 0 Å².